The van der Waals surface area contributed by atoms with Gasteiger partial charge in [-0.3, -0.25) is 9.59 Å². The van der Waals surface area contributed by atoms with Crippen LogP contribution >= 0.6 is 11.8 Å². The first-order valence-corrected chi connectivity index (χ1v) is 16.3. The predicted molar refractivity (Wildman–Crippen MR) is 169 cm³/mol. The molecule has 0 spiro atoms. The third-order valence-corrected chi connectivity index (χ3v) is 10.3. The summed E-state index contributed by atoms with van der Waals surface area (Å²) in [6, 6.07) is 18.0. The number of thioether (sulfide) groups is 1. The van der Waals surface area contributed by atoms with E-state index in [1.54, 1.807) is 18.0 Å². The van der Waals surface area contributed by atoms with E-state index in [1.165, 1.54) is 0 Å². The molecule has 10 heteroatoms. The number of anilines is 1. The second-order valence-corrected chi connectivity index (χ2v) is 13.3. The predicted octanol–water partition coefficient (Wildman–Crippen LogP) is 5.33. The Morgan fingerprint density at radius 1 is 1.02 bits per heavy atom. The van der Waals surface area contributed by atoms with Gasteiger partial charge in [0.15, 0.2) is 0 Å². The fraction of sp³-hybridized carbons (Fsp3) is 0.455. The third kappa shape index (κ3) is 6.30. The minimum absolute atomic E-state index is 0.0156. The number of nitrogens with zero attached hydrogens (tertiary/aromatic N) is 5. The Morgan fingerprint density at radius 3 is 2.56 bits per heavy atom. The Hall–Kier alpha value is -3.79. The van der Waals surface area contributed by atoms with Gasteiger partial charge in [-0.25, -0.2) is 9.48 Å². The minimum Gasteiger partial charge on any atom is -0.342 e. The Balaban J connectivity index is 1.11. The zero-order valence-electron chi connectivity index (χ0n) is 24.9. The molecule has 3 aliphatic rings. The molecule has 2 unspecified atom stereocenters. The molecule has 1 N–H and O–H groups in total. The van der Waals surface area contributed by atoms with Gasteiger partial charge in [0, 0.05) is 62.3 Å². The molecule has 4 amide bonds. The van der Waals surface area contributed by atoms with Crippen molar-refractivity contribution in [1.29, 1.82) is 0 Å². The second-order valence-electron chi connectivity index (χ2n) is 12.0. The van der Waals surface area contributed by atoms with E-state index in [2.05, 4.69) is 36.4 Å². The van der Waals surface area contributed by atoms with Crippen molar-refractivity contribution in [3.05, 3.63) is 78.1 Å². The molecule has 0 aliphatic carbocycles. The highest BCUT2D eigenvalue weighted by atomic mass is 32.2. The van der Waals surface area contributed by atoms with Gasteiger partial charge in [-0.05, 0) is 55.4 Å². The molecule has 6 rings (SSSR count). The molecule has 4 heterocycles. The Bertz CT molecular complexity index is 1450. The number of piperidine rings is 1. The molecule has 226 valence electrons. The summed E-state index contributed by atoms with van der Waals surface area (Å²) in [6.45, 7) is 6.84. The van der Waals surface area contributed by atoms with Crippen molar-refractivity contribution in [3.8, 4) is 5.69 Å². The van der Waals surface area contributed by atoms with Gasteiger partial charge in [0.25, 0.3) is 0 Å². The largest absolute Gasteiger partial charge is 0.342 e. The van der Waals surface area contributed by atoms with Crippen molar-refractivity contribution in [3.63, 3.8) is 0 Å². The fourth-order valence-corrected chi connectivity index (χ4v) is 7.86. The smallest absolute Gasteiger partial charge is 0.322 e. The molecule has 2 aromatic carbocycles. The molecule has 0 radical (unpaired) electrons. The van der Waals surface area contributed by atoms with Gasteiger partial charge in [0.05, 0.1) is 10.9 Å². The van der Waals surface area contributed by atoms with Crippen molar-refractivity contribution in [2.24, 2.45) is 5.92 Å². The standard InChI is InChI=1S/C33H40N6O3S/c1-23(2)12-20-38-31(41)29(43-32(38)26-9-4-6-11-28(26)39-17-7-16-34-39)22-30(40)36-18-14-25(15-19-36)37-21-13-24-8-3-5-10-27(24)35-33(37)42/h3-11,16-17,23,25,29,32H,12-15,18-22H2,1-2H3,(H,35,42). The molecule has 2 atom stereocenters. The van der Waals surface area contributed by atoms with Crippen LogP contribution in [0.2, 0.25) is 0 Å². The number of carbonyl (C=O) groups excluding carboxylic acids is 3. The number of carbonyl (C=O) groups is 3. The van der Waals surface area contributed by atoms with Crippen LogP contribution in [0.1, 0.15) is 56.0 Å². The molecule has 0 bridgehead atoms. The van der Waals surface area contributed by atoms with E-state index < -0.39 is 5.25 Å². The Morgan fingerprint density at radius 2 is 1.79 bits per heavy atom. The van der Waals surface area contributed by atoms with Crippen LogP contribution in [-0.4, -0.2) is 79.8 Å². The normalized spacial score (nSPS) is 21.2. The lowest BCUT2D eigenvalue weighted by Crippen LogP contribution is -2.50. The number of likely N-dealkylation sites (tertiary alicyclic amines) is 1. The van der Waals surface area contributed by atoms with Gasteiger partial charge in [0.2, 0.25) is 11.8 Å². The van der Waals surface area contributed by atoms with Crippen molar-refractivity contribution in [1.82, 2.24) is 24.5 Å². The number of urea groups is 1. The highest BCUT2D eigenvalue weighted by Crippen LogP contribution is 2.46. The van der Waals surface area contributed by atoms with Crippen molar-refractivity contribution in [2.45, 2.75) is 62.6 Å². The molecular weight excluding hydrogens is 560 g/mol. The lowest BCUT2D eigenvalue weighted by molar-refractivity contribution is -0.136. The number of nitrogens with one attached hydrogen (secondary N) is 1. The molecule has 3 aromatic rings. The summed E-state index contributed by atoms with van der Waals surface area (Å²) in [6.07, 6.45) is 7.04. The van der Waals surface area contributed by atoms with Gasteiger partial charge in [0.1, 0.15) is 5.37 Å². The number of amides is 4. The molecular formula is C33H40N6O3S. The number of aromatic nitrogens is 2. The van der Waals surface area contributed by atoms with Gasteiger partial charge in [-0.2, -0.15) is 5.10 Å². The summed E-state index contributed by atoms with van der Waals surface area (Å²) >= 11 is 1.58. The van der Waals surface area contributed by atoms with Crippen LogP contribution in [-0.2, 0) is 16.0 Å². The van der Waals surface area contributed by atoms with Crippen LogP contribution in [0.25, 0.3) is 5.69 Å². The number of fused-ring (bicyclic) bond motifs is 1. The minimum atomic E-state index is -0.428. The first-order chi connectivity index (χ1) is 20.9. The van der Waals surface area contributed by atoms with Crippen molar-refractivity contribution >= 4 is 35.3 Å². The lowest BCUT2D eigenvalue weighted by Gasteiger charge is -2.38. The van der Waals surface area contributed by atoms with Crippen LogP contribution in [0.3, 0.4) is 0 Å². The van der Waals surface area contributed by atoms with Crippen LogP contribution < -0.4 is 5.32 Å². The summed E-state index contributed by atoms with van der Waals surface area (Å²) in [4.78, 5) is 46.2. The van der Waals surface area contributed by atoms with Crippen LogP contribution in [0.4, 0.5) is 10.5 Å². The number of benzene rings is 2. The summed E-state index contributed by atoms with van der Waals surface area (Å²) < 4.78 is 1.84. The zero-order valence-corrected chi connectivity index (χ0v) is 25.7. The first kappa shape index (κ1) is 29.3. The Labute approximate surface area is 257 Å². The van der Waals surface area contributed by atoms with Gasteiger partial charge >= 0.3 is 6.03 Å². The molecule has 2 fully saturated rings. The van der Waals surface area contributed by atoms with Gasteiger partial charge in [-0.1, -0.05) is 50.2 Å². The fourth-order valence-electron chi connectivity index (χ4n) is 6.36. The van der Waals surface area contributed by atoms with E-state index >= 15 is 0 Å². The maximum absolute atomic E-state index is 13.8. The maximum Gasteiger partial charge on any atom is 0.322 e. The summed E-state index contributed by atoms with van der Waals surface area (Å²) in [5.41, 5.74) is 4.01. The van der Waals surface area contributed by atoms with E-state index in [4.69, 9.17) is 0 Å². The van der Waals surface area contributed by atoms with Crippen LogP contribution in [0.15, 0.2) is 67.0 Å². The zero-order chi connectivity index (χ0) is 29.9. The summed E-state index contributed by atoms with van der Waals surface area (Å²) in [7, 11) is 0. The van der Waals surface area contributed by atoms with E-state index in [0.717, 1.165) is 48.2 Å². The average molecular weight is 601 g/mol. The van der Waals surface area contributed by atoms with E-state index in [0.29, 0.717) is 32.1 Å². The Kier molecular flexibility index (Phi) is 8.74. The van der Waals surface area contributed by atoms with Crippen LogP contribution in [0.5, 0.6) is 0 Å². The molecule has 9 nitrogen and oxygen atoms in total. The molecule has 2 saturated heterocycles. The quantitative estimate of drug-likeness (QED) is 0.377. The summed E-state index contributed by atoms with van der Waals surface area (Å²) in [5, 5.41) is 6.90. The summed E-state index contributed by atoms with van der Waals surface area (Å²) in [5.74, 6) is 0.513. The molecule has 3 aliphatic heterocycles. The first-order valence-electron chi connectivity index (χ1n) is 15.4. The van der Waals surface area contributed by atoms with Gasteiger partial charge in [-0.15, -0.1) is 11.8 Å². The third-order valence-electron chi connectivity index (χ3n) is 8.80. The SMILES string of the molecule is CC(C)CCN1C(=O)C(CC(=O)N2CCC(N3CCc4ccccc4NC3=O)CC2)SC1c1ccccc1-n1cccn1. The highest BCUT2D eigenvalue weighted by molar-refractivity contribution is 8.01. The van der Waals surface area contributed by atoms with Gasteiger partial charge < -0.3 is 20.0 Å². The topological polar surface area (TPSA) is 90.8 Å². The molecule has 1 aromatic heterocycles. The molecule has 0 saturated carbocycles. The van der Waals surface area contributed by atoms with Crippen molar-refractivity contribution in [2.75, 3.05) is 31.5 Å². The average Bonchev–Trinajstić information content (AvgIpc) is 3.61. The van der Waals surface area contributed by atoms with E-state index in [1.807, 2.05) is 68.0 Å². The molecule has 43 heavy (non-hydrogen) atoms. The monoisotopic (exact) mass is 600 g/mol. The second kappa shape index (κ2) is 12.8. The van der Waals surface area contributed by atoms with Crippen molar-refractivity contribution < 1.29 is 14.4 Å². The number of rotatable bonds is 8. The van der Waals surface area contributed by atoms with E-state index in [-0.39, 0.29) is 35.7 Å². The van der Waals surface area contributed by atoms with Crippen LogP contribution in [0, 0.1) is 5.92 Å². The number of hydrogen-bond acceptors (Lipinski definition) is 5. The lowest BCUT2D eigenvalue weighted by atomic mass is 10.0. The maximum atomic E-state index is 13.8. The van der Waals surface area contributed by atoms with E-state index in [9.17, 15) is 14.4 Å². The number of para-hydroxylation sites is 2. The number of hydrogen-bond donors (Lipinski definition) is 1. The highest BCUT2D eigenvalue weighted by Gasteiger charge is 2.43.